The highest BCUT2D eigenvalue weighted by molar-refractivity contribution is 5.48. The Labute approximate surface area is 108 Å². The smallest absolute Gasteiger partial charge is 0.401 e. The highest BCUT2D eigenvalue weighted by Crippen LogP contribution is 2.16. The van der Waals surface area contributed by atoms with Crippen molar-refractivity contribution in [3.8, 4) is 0 Å². The number of hydrogen-bond donors (Lipinski definition) is 1. The van der Waals surface area contributed by atoms with Gasteiger partial charge in [0, 0.05) is 12.2 Å². The van der Waals surface area contributed by atoms with E-state index in [-0.39, 0.29) is 11.7 Å². The number of nitrogens with zero attached hydrogens (tertiary/aromatic N) is 1. The van der Waals surface area contributed by atoms with Crippen LogP contribution in [0.25, 0.3) is 6.08 Å². The number of hydrogen-bond acceptors (Lipinski definition) is 4. The van der Waals surface area contributed by atoms with E-state index < -0.39 is 4.92 Å². The molecule has 1 aromatic carbocycles. The minimum Gasteiger partial charge on any atom is -0.401 e. The fraction of sp³-hybridized carbons (Fsp3) is 0.0769. The number of anilines is 1. The summed E-state index contributed by atoms with van der Waals surface area (Å²) in [6.07, 6.45) is 3.34. The van der Waals surface area contributed by atoms with Crippen molar-refractivity contribution in [2.24, 2.45) is 0 Å². The second-order valence-corrected chi connectivity index (χ2v) is 3.73. The molecule has 2 rings (SSSR count). The van der Waals surface area contributed by atoms with E-state index in [0.717, 1.165) is 0 Å². The van der Waals surface area contributed by atoms with Crippen molar-refractivity contribution in [1.82, 2.24) is 0 Å². The third-order valence-electron chi connectivity index (χ3n) is 2.32. The van der Waals surface area contributed by atoms with E-state index in [9.17, 15) is 14.5 Å². The summed E-state index contributed by atoms with van der Waals surface area (Å²) in [7, 11) is 0. The molecular formula is C13H11FN2O3. The normalized spacial score (nSPS) is 10.8. The maximum absolute atomic E-state index is 12.9. The molecule has 2 aromatic rings. The van der Waals surface area contributed by atoms with Crippen molar-refractivity contribution in [1.29, 1.82) is 0 Å². The first-order valence-electron chi connectivity index (χ1n) is 5.55. The van der Waals surface area contributed by atoms with E-state index in [0.29, 0.717) is 18.0 Å². The zero-order valence-electron chi connectivity index (χ0n) is 9.88. The van der Waals surface area contributed by atoms with Crippen molar-refractivity contribution >= 4 is 17.6 Å². The molecule has 0 radical (unpaired) electrons. The Morgan fingerprint density at radius 1 is 1.37 bits per heavy atom. The van der Waals surface area contributed by atoms with Gasteiger partial charge < -0.3 is 9.73 Å². The molecular weight excluding hydrogens is 251 g/mol. The fourth-order valence-corrected chi connectivity index (χ4v) is 1.48. The molecule has 1 aromatic heterocycles. The van der Waals surface area contributed by atoms with Gasteiger partial charge in [0.25, 0.3) is 0 Å². The predicted molar refractivity (Wildman–Crippen MR) is 69.3 cm³/mol. The molecule has 0 aliphatic carbocycles. The summed E-state index contributed by atoms with van der Waals surface area (Å²) in [5.41, 5.74) is 0.662. The molecule has 98 valence electrons. The monoisotopic (exact) mass is 262 g/mol. The number of halogens is 1. The van der Waals surface area contributed by atoms with Crippen LogP contribution in [0.5, 0.6) is 0 Å². The van der Waals surface area contributed by atoms with E-state index >= 15 is 0 Å². The SMILES string of the molecule is O=[N+]([O-])c1ccc(C=CCNc2cccc(F)c2)o1. The first kappa shape index (κ1) is 12.8. The Kier molecular flexibility index (Phi) is 3.92. The Balaban J connectivity index is 1.88. The molecule has 1 heterocycles. The van der Waals surface area contributed by atoms with Crippen LogP contribution in [0.3, 0.4) is 0 Å². The number of benzene rings is 1. The average molecular weight is 262 g/mol. The van der Waals surface area contributed by atoms with Gasteiger partial charge in [-0.15, -0.1) is 0 Å². The van der Waals surface area contributed by atoms with Crippen LogP contribution in [0.15, 0.2) is 46.9 Å². The van der Waals surface area contributed by atoms with Crippen LogP contribution >= 0.6 is 0 Å². The third kappa shape index (κ3) is 3.67. The van der Waals surface area contributed by atoms with Crippen LogP contribution in [0.1, 0.15) is 5.76 Å². The van der Waals surface area contributed by atoms with Crippen molar-refractivity contribution < 1.29 is 13.7 Å². The highest BCUT2D eigenvalue weighted by Gasteiger charge is 2.09. The molecule has 0 saturated carbocycles. The van der Waals surface area contributed by atoms with Gasteiger partial charge in [-0.05, 0) is 30.3 Å². The van der Waals surface area contributed by atoms with Crippen LogP contribution in [0.2, 0.25) is 0 Å². The molecule has 0 bridgehead atoms. The van der Waals surface area contributed by atoms with Gasteiger partial charge in [0.15, 0.2) is 0 Å². The Bertz CT molecular complexity index is 607. The lowest BCUT2D eigenvalue weighted by atomic mass is 10.3. The third-order valence-corrected chi connectivity index (χ3v) is 2.32. The van der Waals surface area contributed by atoms with E-state index in [1.54, 1.807) is 24.3 Å². The van der Waals surface area contributed by atoms with E-state index in [4.69, 9.17) is 4.42 Å². The van der Waals surface area contributed by atoms with Gasteiger partial charge in [-0.25, -0.2) is 4.39 Å². The lowest BCUT2D eigenvalue weighted by Crippen LogP contribution is -1.97. The number of rotatable bonds is 5. The van der Waals surface area contributed by atoms with E-state index in [2.05, 4.69) is 5.32 Å². The molecule has 0 aliphatic heterocycles. The van der Waals surface area contributed by atoms with Gasteiger partial charge in [0.1, 0.15) is 16.5 Å². The summed E-state index contributed by atoms with van der Waals surface area (Å²) >= 11 is 0. The van der Waals surface area contributed by atoms with Gasteiger partial charge in [0.05, 0.1) is 6.07 Å². The molecule has 0 fully saturated rings. The average Bonchev–Trinajstić information content (AvgIpc) is 2.84. The van der Waals surface area contributed by atoms with E-state index in [1.807, 2.05) is 0 Å². The topological polar surface area (TPSA) is 68.3 Å². The molecule has 5 nitrogen and oxygen atoms in total. The maximum Gasteiger partial charge on any atom is 0.433 e. The molecule has 0 aliphatic rings. The molecule has 0 atom stereocenters. The van der Waals surface area contributed by atoms with Crippen LogP contribution in [-0.2, 0) is 0 Å². The summed E-state index contributed by atoms with van der Waals surface area (Å²) in [6.45, 7) is 0.456. The first-order valence-corrected chi connectivity index (χ1v) is 5.55. The standard InChI is InChI=1S/C13H11FN2O3/c14-10-3-1-4-11(9-10)15-8-2-5-12-6-7-13(19-12)16(17)18/h1-7,9,15H,8H2. The van der Waals surface area contributed by atoms with Crippen LogP contribution < -0.4 is 5.32 Å². The predicted octanol–water partition coefficient (Wildman–Crippen LogP) is 3.45. The minimum absolute atomic E-state index is 0.294. The van der Waals surface area contributed by atoms with Gasteiger partial charge >= 0.3 is 5.88 Å². The lowest BCUT2D eigenvalue weighted by molar-refractivity contribution is -0.402. The molecule has 0 amide bonds. The van der Waals surface area contributed by atoms with Crippen molar-refractivity contribution in [3.05, 3.63) is 64.2 Å². The Hall–Kier alpha value is -2.63. The zero-order chi connectivity index (χ0) is 13.7. The van der Waals surface area contributed by atoms with Crippen LogP contribution in [-0.4, -0.2) is 11.5 Å². The lowest BCUT2D eigenvalue weighted by Gasteiger charge is -2.02. The molecule has 19 heavy (non-hydrogen) atoms. The second kappa shape index (κ2) is 5.81. The Morgan fingerprint density at radius 3 is 2.89 bits per heavy atom. The largest absolute Gasteiger partial charge is 0.433 e. The number of furan rings is 1. The molecule has 6 heteroatoms. The summed E-state index contributed by atoms with van der Waals surface area (Å²) in [6, 6.07) is 8.90. The second-order valence-electron chi connectivity index (χ2n) is 3.73. The fourth-order valence-electron chi connectivity index (χ4n) is 1.48. The molecule has 0 unspecified atom stereocenters. The van der Waals surface area contributed by atoms with Gasteiger partial charge in [-0.3, -0.25) is 10.1 Å². The molecule has 1 N–H and O–H groups in total. The minimum atomic E-state index is -0.595. The van der Waals surface area contributed by atoms with Gasteiger partial charge in [0.2, 0.25) is 0 Å². The van der Waals surface area contributed by atoms with Gasteiger partial charge in [-0.2, -0.15) is 0 Å². The molecule has 0 spiro atoms. The van der Waals surface area contributed by atoms with E-state index in [1.165, 1.54) is 24.3 Å². The maximum atomic E-state index is 12.9. The first-order chi connectivity index (χ1) is 9.15. The summed E-state index contributed by atoms with van der Waals surface area (Å²) in [5, 5.41) is 13.4. The quantitative estimate of drug-likeness (QED) is 0.661. The number of nitro groups is 1. The highest BCUT2D eigenvalue weighted by atomic mass is 19.1. The summed E-state index contributed by atoms with van der Waals surface area (Å²) < 4.78 is 17.8. The summed E-state index contributed by atoms with van der Waals surface area (Å²) in [4.78, 5) is 9.81. The van der Waals surface area contributed by atoms with Gasteiger partial charge in [-0.1, -0.05) is 12.1 Å². The van der Waals surface area contributed by atoms with Crippen molar-refractivity contribution in [2.75, 3.05) is 11.9 Å². The van der Waals surface area contributed by atoms with Crippen molar-refractivity contribution in [2.45, 2.75) is 0 Å². The summed E-state index contributed by atoms with van der Waals surface area (Å²) in [5.74, 6) is -0.207. The Morgan fingerprint density at radius 2 is 2.21 bits per heavy atom. The molecule has 0 saturated heterocycles. The van der Waals surface area contributed by atoms with Crippen LogP contribution in [0.4, 0.5) is 16.0 Å². The number of nitrogens with one attached hydrogen (secondary N) is 1. The van der Waals surface area contributed by atoms with Crippen molar-refractivity contribution in [3.63, 3.8) is 0 Å². The van der Waals surface area contributed by atoms with Crippen LogP contribution in [0, 0.1) is 15.9 Å². The zero-order valence-corrected chi connectivity index (χ0v) is 9.88.